The van der Waals surface area contributed by atoms with Gasteiger partial charge >= 0.3 is 0 Å². The average Bonchev–Trinajstić information content (AvgIpc) is 2.61. The molecular formula is C17H24FN3O4S. The Bertz CT molecular complexity index is 765. The molecule has 0 radical (unpaired) electrons. The summed E-state index contributed by atoms with van der Waals surface area (Å²) in [5, 5.41) is 0. The molecule has 0 saturated carbocycles. The van der Waals surface area contributed by atoms with Crippen LogP contribution in [0.3, 0.4) is 0 Å². The molecule has 2 rings (SSSR count). The van der Waals surface area contributed by atoms with E-state index < -0.39 is 21.8 Å². The molecule has 1 fully saturated rings. The molecule has 9 heteroatoms. The lowest BCUT2D eigenvalue weighted by Crippen LogP contribution is -2.47. The topological polar surface area (TPSA) is 78.0 Å². The first-order valence-electron chi connectivity index (χ1n) is 8.33. The minimum absolute atomic E-state index is 0.00291. The van der Waals surface area contributed by atoms with Gasteiger partial charge in [-0.1, -0.05) is 0 Å². The van der Waals surface area contributed by atoms with Crippen molar-refractivity contribution >= 4 is 21.8 Å². The maximum absolute atomic E-state index is 13.0. The third-order valence-corrected chi connectivity index (χ3v) is 6.31. The van der Waals surface area contributed by atoms with Gasteiger partial charge in [0.2, 0.25) is 21.8 Å². The Morgan fingerprint density at radius 3 is 2.38 bits per heavy atom. The van der Waals surface area contributed by atoms with Crippen LogP contribution < -0.4 is 0 Å². The number of hydrogen-bond acceptors (Lipinski definition) is 4. The highest BCUT2D eigenvalue weighted by Crippen LogP contribution is 2.25. The van der Waals surface area contributed by atoms with Crippen molar-refractivity contribution in [2.75, 3.05) is 40.8 Å². The van der Waals surface area contributed by atoms with Crippen LogP contribution in [-0.4, -0.2) is 75.1 Å². The van der Waals surface area contributed by atoms with Crippen LogP contribution in [0.2, 0.25) is 0 Å². The molecule has 26 heavy (non-hydrogen) atoms. The van der Waals surface area contributed by atoms with Crippen molar-refractivity contribution < 1.29 is 22.4 Å². The fourth-order valence-electron chi connectivity index (χ4n) is 2.85. The number of carbonyl (C=O) groups is 2. The SMILES string of the molecule is CN(C)C(=O)CN(C)C(=O)[C@H]1CCCN(S(=O)(=O)c2ccc(F)cc2)C1. The number of carbonyl (C=O) groups excluding carboxylic acids is 2. The quantitative estimate of drug-likeness (QED) is 0.750. The van der Waals surface area contributed by atoms with E-state index in [-0.39, 0.29) is 29.8 Å². The number of nitrogens with zero attached hydrogens (tertiary/aromatic N) is 3. The summed E-state index contributed by atoms with van der Waals surface area (Å²) < 4.78 is 39.7. The molecule has 2 amide bonds. The van der Waals surface area contributed by atoms with Gasteiger partial charge in [0, 0.05) is 34.2 Å². The number of piperidine rings is 1. The molecular weight excluding hydrogens is 361 g/mol. The highest BCUT2D eigenvalue weighted by Gasteiger charge is 2.34. The summed E-state index contributed by atoms with van der Waals surface area (Å²) in [7, 11) is 0.971. The van der Waals surface area contributed by atoms with Gasteiger partial charge in [0.15, 0.2) is 0 Å². The fraction of sp³-hybridized carbons (Fsp3) is 0.529. The molecule has 1 atom stereocenters. The van der Waals surface area contributed by atoms with Crippen molar-refractivity contribution in [2.24, 2.45) is 5.92 Å². The summed E-state index contributed by atoms with van der Waals surface area (Å²) in [6, 6.07) is 4.64. The highest BCUT2D eigenvalue weighted by molar-refractivity contribution is 7.89. The zero-order valence-corrected chi connectivity index (χ0v) is 16.0. The van der Waals surface area contributed by atoms with E-state index >= 15 is 0 Å². The zero-order chi connectivity index (χ0) is 19.5. The minimum Gasteiger partial charge on any atom is -0.347 e. The number of amides is 2. The second kappa shape index (κ2) is 8.13. The number of halogens is 1. The van der Waals surface area contributed by atoms with Crippen molar-refractivity contribution in [3.63, 3.8) is 0 Å². The molecule has 0 aromatic heterocycles. The van der Waals surface area contributed by atoms with Crippen molar-refractivity contribution in [1.29, 1.82) is 0 Å². The van der Waals surface area contributed by atoms with E-state index in [9.17, 15) is 22.4 Å². The van der Waals surface area contributed by atoms with E-state index in [1.54, 1.807) is 14.1 Å². The third kappa shape index (κ3) is 4.59. The fourth-order valence-corrected chi connectivity index (χ4v) is 4.38. The number of likely N-dealkylation sites (N-methyl/N-ethyl adjacent to an activating group) is 2. The van der Waals surface area contributed by atoms with Crippen LogP contribution in [0.4, 0.5) is 4.39 Å². The number of benzene rings is 1. The first-order valence-corrected chi connectivity index (χ1v) is 9.77. The van der Waals surface area contributed by atoms with Gasteiger partial charge in [0.25, 0.3) is 0 Å². The molecule has 0 aliphatic carbocycles. The van der Waals surface area contributed by atoms with Crippen LogP contribution >= 0.6 is 0 Å². The zero-order valence-electron chi connectivity index (χ0n) is 15.2. The summed E-state index contributed by atoms with van der Waals surface area (Å²) in [5.74, 6) is -1.46. The van der Waals surface area contributed by atoms with Crippen LogP contribution in [0.1, 0.15) is 12.8 Å². The Labute approximate surface area is 153 Å². The van der Waals surface area contributed by atoms with E-state index in [0.717, 1.165) is 12.1 Å². The minimum atomic E-state index is -3.79. The monoisotopic (exact) mass is 385 g/mol. The predicted octanol–water partition coefficient (Wildman–Crippen LogP) is 0.773. The summed E-state index contributed by atoms with van der Waals surface area (Å²) >= 11 is 0. The van der Waals surface area contributed by atoms with E-state index in [4.69, 9.17) is 0 Å². The lowest BCUT2D eigenvalue weighted by atomic mass is 9.98. The molecule has 1 aliphatic rings. The molecule has 0 unspecified atom stereocenters. The number of rotatable bonds is 5. The lowest BCUT2D eigenvalue weighted by Gasteiger charge is -2.33. The first-order chi connectivity index (χ1) is 12.1. The molecule has 0 N–H and O–H groups in total. The van der Waals surface area contributed by atoms with Gasteiger partial charge in [-0.2, -0.15) is 4.31 Å². The third-order valence-electron chi connectivity index (χ3n) is 4.43. The van der Waals surface area contributed by atoms with Crippen molar-refractivity contribution in [3.8, 4) is 0 Å². The van der Waals surface area contributed by atoms with E-state index in [1.165, 1.54) is 33.3 Å². The Morgan fingerprint density at radius 1 is 1.19 bits per heavy atom. The largest absolute Gasteiger partial charge is 0.347 e. The Balaban J connectivity index is 2.09. The standard InChI is InChI=1S/C17H24FN3O4S/c1-19(2)16(22)12-20(3)17(23)13-5-4-10-21(11-13)26(24,25)15-8-6-14(18)7-9-15/h6-9,13H,4-5,10-12H2,1-3H3/t13-/m0/s1. The normalized spacial score (nSPS) is 18.4. The molecule has 1 aromatic rings. The van der Waals surface area contributed by atoms with E-state index in [2.05, 4.69) is 0 Å². The molecule has 1 aliphatic heterocycles. The molecule has 1 saturated heterocycles. The lowest BCUT2D eigenvalue weighted by molar-refractivity contribution is -0.141. The molecule has 0 bridgehead atoms. The smallest absolute Gasteiger partial charge is 0.243 e. The summed E-state index contributed by atoms with van der Waals surface area (Å²) in [6.07, 6.45) is 1.11. The molecule has 1 aromatic carbocycles. The number of hydrogen-bond donors (Lipinski definition) is 0. The summed E-state index contributed by atoms with van der Waals surface area (Å²) in [4.78, 5) is 27.1. The van der Waals surface area contributed by atoms with Gasteiger partial charge in [0.05, 0.1) is 17.4 Å². The first kappa shape index (κ1) is 20.3. The van der Waals surface area contributed by atoms with E-state index in [1.807, 2.05) is 0 Å². The summed E-state index contributed by atoms with van der Waals surface area (Å²) in [5.41, 5.74) is 0. The maximum Gasteiger partial charge on any atom is 0.243 e. The highest BCUT2D eigenvalue weighted by atomic mass is 32.2. The maximum atomic E-state index is 13.0. The Morgan fingerprint density at radius 2 is 1.81 bits per heavy atom. The van der Waals surface area contributed by atoms with Gasteiger partial charge in [-0.25, -0.2) is 12.8 Å². The second-order valence-electron chi connectivity index (χ2n) is 6.64. The van der Waals surface area contributed by atoms with Crippen molar-refractivity contribution in [3.05, 3.63) is 30.1 Å². The van der Waals surface area contributed by atoms with Gasteiger partial charge in [-0.05, 0) is 37.1 Å². The van der Waals surface area contributed by atoms with Crippen LogP contribution in [0.25, 0.3) is 0 Å². The van der Waals surface area contributed by atoms with Gasteiger partial charge in [0.1, 0.15) is 5.82 Å². The Hall–Kier alpha value is -2.00. The molecule has 1 heterocycles. The van der Waals surface area contributed by atoms with Crippen LogP contribution in [0.5, 0.6) is 0 Å². The van der Waals surface area contributed by atoms with Gasteiger partial charge in [-0.15, -0.1) is 0 Å². The predicted molar refractivity (Wildman–Crippen MR) is 94.2 cm³/mol. The molecule has 7 nitrogen and oxygen atoms in total. The average molecular weight is 385 g/mol. The van der Waals surface area contributed by atoms with Crippen molar-refractivity contribution in [2.45, 2.75) is 17.7 Å². The molecule has 144 valence electrons. The summed E-state index contributed by atoms with van der Waals surface area (Å²) in [6.45, 7) is 0.315. The van der Waals surface area contributed by atoms with E-state index in [0.29, 0.717) is 19.4 Å². The van der Waals surface area contributed by atoms with Gasteiger partial charge < -0.3 is 9.80 Å². The van der Waals surface area contributed by atoms with Crippen LogP contribution in [0.15, 0.2) is 29.2 Å². The van der Waals surface area contributed by atoms with Crippen molar-refractivity contribution in [1.82, 2.24) is 14.1 Å². The Kier molecular flexibility index (Phi) is 6.35. The van der Waals surface area contributed by atoms with Crippen LogP contribution in [-0.2, 0) is 19.6 Å². The number of sulfonamides is 1. The molecule has 0 spiro atoms. The van der Waals surface area contributed by atoms with Gasteiger partial charge in [-0.3, -0.25) is 9.59 Å². The van der Waals surface area contributed by atoms with Crippen LogP contribution in [0, 0.1) is 11.7 Å². The second-order valence-corrected chi connectivity index (χ2v) is 8.58.